The van der Waals surface area contributed by atoms with Gasteiger partial charge in [0, 0.05) is 41.3 Å². The van der Waals surface area contributed by atoms with Crippen LogP contribution in [0.15, 0.2) is 46.0 Å². The van der Waals surface area contributed by atoms with E-state index in [-0.39, 0.29) is 22.5 Å². The van der Waals surface area contributed by atoms with Crippen molar-refractivity contribution < 1.29 is 4.79 Å². The quantitative estimate of drug-likeness (QED) is 0.281. The smallest absolute Gasteiger partial charge is 0.263 e. The maximum absolute atomic E-state index is 13.3. The third-order valence-corrected chi connectivity index (χ3v) is 9.12. The van der Waals surface area contributed by atoms with Crippen LogP contribution < -0.4 is 10.5 Å². The van der Waals surface area contributed by atoms with Crippen LogP contribution >= 0.6 is 23.1 Å². The number of carbonyl (C=O) groups is 1. The lowest BCUT2D eigenvalue weighted by atomic mass is 9.83. The number of likely N-dealkylation sites (N-methyl/N-ethyl adjacent to an activating group) is 1. The Labute approximate surface area is 202 Å². The summed E-state index contributed by atoms with van der Waals surface area (Å²) in [5.41, 5.74) is 4.39. The van der Waals surface area contributed by atoms with E-state index in [0.29, 0.717) is 11.7 Å². The first-order valence-corrected chi connectivity index (χ1v) is 13.4. The normalized spacial score (nSPS) is 18.1. The van der Waals surface area contributed by atoms with Crippen molar-refractivity contribution in [2.75, 3.05) is 17.7 Å². The van der Waals surface area contributed by atoms with Gasteiger partial charge in [-0.2, -0.15) is 0 Å². The third kappa shape index (κ3) is 3.66. The Bertz CT molecular complexity index is 1350. The van der Waals surface area contributed by atoms with Gasteiger partial charge in [0.2, 0.25) is 0 Å². The van der Waals surface area contributed by atoms with Crippen LogP contribution in [0.5, 0.6) is 0 Å². The molecule has 2 aliphatic rings. The van der Waals surface area contributed by atoms with Crippen LogP contribution in [-0.2, 0) is 29.6 Å². The van der Waals surface area contributed by atoms with Crippen molar-refractivity contribution in [3.05, 3.63) is 62.4 Å². The molecule has 0 saturated heterocycles. The number of hydrogen-bond acceptors (Lipinski definition) is 6. The number of aromatic nitrogens is 2. The van der Waals surface area contributed by atoms with Crippen LogP contribution in [-0.4, -0.2) is 28.1 Å². The lowest BCUT2D eigenvalue weighted by Gasteiger charge is -2.23. The van der Waals surface area contributed by atoms with E-state index < -0.39 is 0 Å². The Hall–Kier alpha value is -2.38. The topological polar surface area (TPSA) is 55.2 Å². The number of benzene rings is 1. The Kier molecular flexibility index (Phi) is 5.73. The number of thioether (sulfide) groups is 1. The maximum Gasteiger partial charge on any atom is 0.263 e. The maximum atomic E-state index is 13.3. The number of allylic oxidation sites excluding steroid dienone is 2. The summed E-state index contributed by atoms with van der Waals surface area (Å²) in [6.07, 6.45) is 6.10. The van der Waals surface area contributed by atoms with E-state index in [1.807, 2.05) is 26.1 Å². The van der Waals surface area contributed by atoms with Gasteiger partial charge in [0.1, 0.15) is 4.83 Å². The minimum atomic E-state index is -0.232. The predicted octanol–water partition coefficient (Wildman–Crippen LogP) is 5.33. The second-order valence-corrected chi connectivity index (χ2v) is 11.3. The number of para-hydroxylation sites is 1. The first-order chi connectivity index (χ1) is 15.8. The fourth-order valence-corrected chi connectivity index (χ4v) is 7.39. The molecule has 0 atom stereocenters. The summed E-state index contributed by atoms with van der Waals surface area (Å²) < 4.78 is 1.73. The summed E-state index contributed by atoms with van der Waals surface area (Å²) in [6, 6.07) is 8.30. The first-order valence-electron chi connectivity index (χ1n) is 11.6. The van der Waals surface area contributed by atoms with E-state index in [2.05, 4.69) is 30.9 Å². The second-order valence-electron chi connectivity index (χ2n) is 9.32. The number of fused-ring (bicyclic) bond motifs is 4. The number of rotatable bonds is 5. The highest BCUT2D eigenvalue weighted by Crippen LogP contribution is 2.46. The standard InChI is InChI=1S/C26H29N3O2S2/c1-5-29-24(31)22-17-10-6-9-13-20(17)33-23(22)27-25(29)32-15-16(30)14-21-26(2,3)18-11-7-8-12-19(18)28(21)4/h7-8,11-12,14H,5-6,9-10,13,15H2,1-4H3. The Morgan fingerprint density at radius 2 is 2.00 bits per heavy atom. The average Bonchev–Trinajstić information content (AvgIpc) is 3.27. The van der Waals surface area contributed by atoms with Crippen molar-refractivity contribution in [3.8, 4) is 0 Å². The highest BCUT2D eigenvalue weighted by atomic mass is 32.2. The largest absolute Gasteiger partial charge is 0.347 e. The van der Waals surface area contributed by atoms with Gasteiger partial charge in [0.15, 0.2) is 10.9 Å². The van der Waals surface area contributed by atoms with Crippen molar-refractivity contribution in [3.63, 3.8) is 0 Å². The van der Waals surface area contributed by atoms with Crippen molar-refractivity contribution in [1.29, 1.82) is 0 Å². The number of aryl methyl sites for hydroxylation is 2. The molecule has 1 aliphatic carbocycles. The fraction of sp³-hybridized carbons (Fsp3) is 0.423. The number of thiophene rings is 1. The molecule has 7 heteroatoms. The zero-order valence-corrected chi connectivity index (χ0v) is 21.2. The first kappa shape index (κ1) is 22.4. The van der Waals surface area contributed by atoms with E-state index in [4.69, 9.17) is 4.98 Å². The van der Waals surface area contributed by atoms with Gasteiger partial charge in [0.05, 0.1) is 11.1 Å². The number of hydrogen-bond donors (Lipinski definition) is 0. The van der Waals surface area contributed by atoms with Gasteiger partial charge in [-0.1, -0.05) is 43.8 Å². The molecule has 0 unspecified atom stereocenters. The summed E-state index contributed by atoms with van der Waals surface area (Å²) in [5.74, 6) is 0.289. The predicted molar refractivity (Wildman–Crippen MR) is 138 cm³/mol. The number of nitrogens with zero attached hydrogens (tertiary/aromatic N) is 3. The summed E-state index contributed by atoms with van der Waals surface area (Å²) in [6.45, 7) is 6.83. The van der Waals surface area contributed by atoms with Gasteiger partial charge in [-0.3, -0.25) is 14.2 Å². The molecular formula is C26H29N3O2S2. The summed E-state index contributed by atoms with van der Waals surface area (Å²) in [4.78, 5) is 35.4. The highest BCUT2D eigenvalue weighted by molar-refractivity contribution is 7.99. The zero-order chi connectivity index (χ0) is 23.3. The van der Waals surface area contributed by atoms with Crippen LogP contribution in [0.25, 0.3) is 10.2 Å². The van der Waals surface area contributed by atoms with E-state index in [9.17, 15) is 9.59 Å². The van der Waals surface area contributed by atoms with E-state index in [0.717, 1.165) is 40.9 Å². The number of carbonyl (C=O) groups excluding carboxylic acids is 1. The zero-order valence-electron chi connectivity index (χ0n) is 19.6. The van der Waals surface area contributed by atoms with Crippen LogP contribution in [0.4, 0.5) is 5.69 Å². The number of anilines is 1. The minimum absolute atomic E-state index is 0.0326. The average molecular weight is 480 g/mol. The minimum Gasteiger partial charge on any atom is -0.347 e. The van der Waals surface area contributed by atoms with Crippen molar-refractivity contribution in [1.82, 2.24) is 9.55 Å². The van der Waals surface area contributed by atoms with Crippen molar-refractivity contribution >= 4 is 44.8 Å². The van der Waals surface area contributed by atoms with Crippen LogP contribution in [0, 0.1) is 0 Å². The summed E-state index contributed by atoms with van der Waals surface area (Å²) >= 11 is 3.03. The van der Waals surface area contributed by atoms with Crippen LogP contribution in [0.2, 0.25) is 0 Å². The molecule has 0 amide bonds. The molecule has 3 aromatic rings. The molecule has 5 rings (SSSR count). The van der Waals surface area contributed by atoms with Crippen molar-refractivity contribution in [2.24, 2.45) is 0 Å². The highest BCUT2D eigenvalue weighted by Gasteiger charge is 2.38. The van der Waals surface area contributed by atoms with Crippen LogP contribution in [0.1, 0.15) is 49.6 Å². The lowest BCUT2D eigenvalue weighted by Crippen LogP contribution is -2.25. The van der Waals surface area contributed by atoms with Gasteiger partial charge >= 0.3 is 0 Å². The molecule has 0 saturated carbocycles. The Morgan fingerprint density at radius 1 is 1.24 bits per heavy atom. The molecule has 1 aromatic carbocycles. The summed E-state index contributed by atoms with van der Waals surface area (Å²) in [5, 5.41) is 1.45. The fourth-order valence-electron chi connectivity index (χ4n) is 5.20. The van der Waals surface area contributed by atoms with Gasteiger partial charge in [-0.05, 0) is 49.8 Å². The molecule has 0 spiro atoms. The third-order valence-electron chi connectivity index (χ3n) is 6.94. The molecule has 5 nitrogen and oxygen atoms in total. The molecule has 2 aromatic heterocycles. The molecule has 3 heterocycles. The molecule has 0 bridgehead atoms. The Morgan fingerprint density at radius 3 is 2.76 bits per heavy atom. The molecule has 1 aliphatic heterocycles. The molecule has 172 valence electrons. The second kappa shape index (κ2) is 8.44. The molecule has 0 radical (unpaired) electrons. The number of ketones is 1. The lowest BCUT2D eigenvalue weighted by molar-refractivity contribution is -0.112. The molecule has 0 fully saturated rings. The monoisotopic (exact) mass is 479 g/mol. The van der Waals surface area contributed by atoms with E-state index in [1.54, 1.807) is 22.0 Å². The van der Waals surface area contributed by atoms with Gasteiger partial charge in [0.25, 0.3) is 5.56 Å². The molecule has 33 heavy (non-hydrogen) atoms. The van der Waals surface area contributed by atoms with Gasteiger partial charge < -0.3 is 4.90 Å². The van der Waals surface area contributed by atoms with Gasteiger partial charge in [-0.15, -0.1) is 11.3 Å². The van der Waals surface area contributed by atoms with Crippen molar-refractivity contribution in [2.45, 2.75) is 63.6 Å². The molecular weight excluding hydrogens is 450 g/mol. The SMILES string of the molecule is CCn1c(SCC(=O)C=C2N(C)c3ccccc3C2(C)C)nc2sc3c(c2c1=O)CCCC3. The van der Waals surface area contributed by atoms with E-state index >= 15 is 0 Å². The molecule has 0 N–H and O–H groups in total. The van der Waals surface area contributed by atoms with Crippen LogP contribution in [0.3, 0.4) is 0 Å². The summed E-state index contributed by atoms with van der Waals surface area (Å²) in [7, 11) is 2.02. The van der Waals surface area contributed by atoms with E-state index in [1.165, 1.54) is 34.2 Å². The van der Waals surface area contributed by atoms with Gasteiger partial charge in [-0.25, -0.2) is 4.98 Å². The Balaban J connectivity index is 1.42.